The lowest BCUT2D eigenvalue weighted by molar-refractivity contribution is 0.486. The fourth-order valence-corrected chi connectivity index (χ4v) is 2.56. The molecule has 0 fully saturated rings. The summed E-state index contributed by atoms with van der Waals surface area (Å²) in [6.45, 7) is 0. The van der Waals surface area contributed by atoms with Gasteiger partial charge in [-0.25, -0.2) is 0 Å². The highest BCUT2D eigenvalue weighted by Gasteiger charge is 2.16. The molecule has 0 saturated carbocycles. The van der Waals surface area contributed by atoms with E-state index < -0.39 is 10.1 Å². The fourth-order valence-electron chi connectivity index (χ4n) is 1.63. The van der Waals surface area contributed by atoms with E-state index in [0.29, 0.717) is 5.56 Å². The normalized spacial score (nSPS) is 10.4. The van der Waals surface area contributed by atoms with E-state index in [0.717, 1.165) is 5.56 Å². The van der Waals surface area contributed by atoms with Crippen LogP contribution in [0, 0.1) is 22.7 Å². The molecule has 0 amide bonds. The van der Waals surface area contributed by atoms with Gasteiger partial charge >= 0.3 is 10.1 Å². The van der Waals surface area contributed by atoms with Crippen molar-refractivity contribution >= 4 is 10.1 Å². The zero-order valence-corrected chi connectivity index (χ0v) is 11.7. The van der Waals surface area contributed by atoms with Gasteiger partial charge in [0.1, 0.15) is 10.6 Å². The average Bonchev–Trinajstić information content (AvgIpc) is 2.49. The largest absolute Gasteiger partial charge is 0.379 e. The van der Waals surface area contributed by atoms with Crippen LogP contribution < -0.4 is 4.18 Å². The Morgan fingerprint density at radius 3 is 2.10 bits per heavy atom. The van der Waals surface area contributed by atoms with Gasteiger partial charge in [0.2, 0.25) is 0 Å². The molecule has 21 heavy (non-hydrogen) atoms. The minimum Gasteiger partial charge on any atom is -0.379 e. The fraction of sp³-hybridized carbons (Fsp3) is 0.0667. The summed E-state index contributed by atoms with van der Waals surface area (Å²) in [5, 5.41) is 17.2. The van der Waals surface area contributed by atoms with Gasteiger partial charge in [-0.05, 0) is 42.0 Å². The van der Waals surface area contributed by atoms with Crippen LogP contribution in [0.1, 0.15) is 11.1 Å². The molecule has 6 heteroatoms. The Labute approximate surface area is 122 Å². The van der Waals surface area contributed by atoms with Crippen LogP contribution in [-0.4, -0.2) is 8.42 Å². The highest BCUT2D eigenvalue weighted by atomic mass is 32.2. The second kappa shape index (κ2) is 6.08. The molecule has 0 radical (unpaired) electrons. The molecule has 2 rings (SSSR count). The maximum absolute atomic E-state index is 12.1. The summed E-state index contributed by atoms with van der Waals surface area (Å²) in [4.78, 5) is -0.0254. The number of benzene rings is 2. The SMILES string of the molecule is N#CCc1ccc(OS(=O)(=O)c2ccc(C#N)cc2)cc1. The van der Waals surface area contributed by atoms with Crippen LogP contribution in [0.2, 0.25) is 0 Å². The zero-order valence-electron chi connectivity index (χ0n) is 10.9. The molecule has 0 aliphatic heterocycles. The maximum Gasteiger partial charge on any atom is 0.339 e. The summed E-state index contributed by atoms with van der Waals surface area (Å²) >= 11 is 0. The van der Waals surface area contributed by atoms with E-state index in [1.165, 1.54) is 36.4 Å². The lowest BCUT2D eigenvalue weighted by Crippen LogP contribution is -2.09. The van der Waals surface area contributed by atoms with Crippen LogP contribution in [-0.2, 0) is 16.5 Å². The first-order chi connectivity index (χ1) is 10.0. The van der Waals surface area contributed by atoms with Gasteiger partial charge in [0.05, 0.1) is 24.1 Å². The number of nitriles is 2. The third kappa shape index (κ3) is 3.59. The molecule has 0 N–H and O–H groups in total. The molecule has 0 spiro atoms. The average molecular weight is 298 g/mol. The molecule has 2 aromatic rings. The van der Waals surface area contributed by atoms with Gasteiger partial charge in [-0.3, -0.25) is 0 Å². The first kappa shape index (κ1) is 14.6. The topological polar surface area (TPSA) is 90.9 Å². The molecule has 0 saturated heterocycles. The third-order valence-corrected chi connectivity index (χ3v) is 3.95. The Hall–Kier alpha value is -2.83. The van der Waals surface area contributed by atoms with Crippen molar-refractivity contribution in [1.29, 1.82) is 10.5 Å². The number of hydrogen-bond acceptors (Lipinski definition) is 5. The predicted molar refractivity (Wildman–Crippen MR) is 74.7 cm³/mol. The van der Waals surface area contributed by atoms with E-state index in [1.54, 1.807) is 12.1 Å². The van der Waals surface area contributed by atoms with Crippen molar-refractivity contribution in [1.82, 2.24) is 0 Å². The summed E-state index contributed by atoms with van der Waals surface area (Å²) < 4.78 is 29.1. The highest BCUT2D eigenvalue weighted by molar-refractivity contribution is 7.87. The standard InChI is InChI=1S/C15H10N2O3S/c16-10-9-12-1-5-14(6-2-12)20-21(18,19)15-7-3-13(11-17)4-8-15/h1-8H,9H2. The van der Waals surface area contributed by atoms with Crippen LogP contribution in [0.25, 0.3) is 0 Å². The van der Waals surface area contributed by atoms with Crippen LogP contribution in [0.15, 0.2) is 53.4 Å². The third-order valence-electron chi connectivity index (χ3n) is 2.68. The van der Waals surface area contributed by atoms with Crippen molar-refractivity contribution < 1.29 is 12.6 Å². The van der Waals surface area contributed by atoms with Crippen molar-refractivity contribution in [2.24, 2.45) is 0 Å². The summed E-state index contributed by atoms with van der Waals surface area (Å²) in [6.07, 6.45) is 0.253. The number of nitrogens with zero attached hydrogens (tertiary/aromatic N) is 2. The molecule has 0 heterocycles. The van der Waals surface area contributed by atoms with Crippen LogP contribution in [0.3, 0.4) is 0 Å². The molecular weight excluding hydrogens is 288 g/mol. The molecule has 0 atom stereocenters. The van der Waals surface area contributed by atoms with Crippen LogP contribution in [0.4, 0.5) is 0 Å². The van der Waals surface area contributed by atoms with Crippen molar-refractivity contribution in [2.45, 2.75) is 11.3 Å². The van der Waals surface area contributed by atoms with Crippen molar-refractivity contribution in [2.75, 3.05) is 0 Å². The van der Waals surface area contributed by atoms with Crippen molar-refractivity contribution in [3.05, 3.63) is 59.7 Å². The van der Waals surface area contributed by atoms with Crippen molar-refractivity contribution in [3.8, 4) is 17.9 Å². The van der Waals surface area contributed by atoms with Gasteiger partial charge in [0.15, 0.2) is 0 Å². The summed E-state index contributed by atoms with van der Waals surface area (Å²) in [7, 11) is -3.94. The second-order valence-electron chi connectivity index (χ2n) is 4.15. The molecule has 0 bridgehead atoms. The molecule has 2 aromatic carbocycles. The molecule has 104 valence electrons. The van der Waals surface area contributed by atoms with Gasteiger partial charge in [-0.1, -0.05) is 12.1 Å². The summed E-state index contributed by atoms with van der Waals surface area (Å²) in [5.41, 5.74) is 1.15. The Morgan fingerprint density at radius 1 is 0.952 bits per heavy atom. The summed E-state index contributed by atoms with van der Waals surface area (Å²) in [5.74, 6) is 0.168. The molecule has 0 unspecified atom stereocenters. The van der Waals surface area contributed by atoms with E-state index in [1.807, 2.05) is 12.1 Å². The quantitative estimate of drug-likeness (QED) is 0.808. The first-order valence-electron chi connectivity index (χ1n) is 5.96. The first-order valence-corrected chi connectivity index (χ1v) is 7.36. The van der Waals surface area contributed by atoms with E-state index in [-0.39, 0.29) is 17.1 Å². The Kier molecular flexibility index (Phi) is 4.22. The van der Waals surface area contributed by atoms with Gasteiger partial charge in [-0.15, -0.1) is 0 Å². The smallest absolute Gasteiger partial charge is 0.339 e. The van der Waals surface area contributed by atoms with Gasteiger partial charge < -0.3 is 4.18 Å². The van der Waals surface area contributed by atoms with Crippen LogP contribution >= 0.6 is 0 Å². The minimum absolute atomic E-state index is 0.0254. The van der Waals surface area contributed by atoms with E-state index in [9.17, 15) is 8.42 Å². The van der Waals surface area contributed by atoms with E-state index >= 15 is 0 Å². The lowest BCUT2D eigenvalue weighted by atomic mass is 10.2. The maximum atomic E-state index is 12.1. The monoisotopic (exact) mass is 298 g/mol. The molecule has 0 aliphatic rings. The second-order valence-corrected chi connectivity index (χ2v) is 5.70. The Balaban J connectivity index is 2.20. The van der Waals surface area contributed by atoms with E-state index in [2.05, 4.69) is 0 Å². The molecular formula is C15H10N2O3S. The van der Waals surface area contributed by atoms with Gasteiger partial charge in [0.25, 0.3) is 0 Å². The van der Waals surface area contributed by atoms with Gasteiger partial charge in [0, 0.05) is 0 Å². The van der Waals surface area contributed by atoms with Gasteiger partial charge in [-0.2, -0.15) is 18.9 Å². The number of rotatable bonds is 4. The highest BCUT2D eigenvalue weighted by Crippen LogP contribution is 2.19. The Morgan fingerprint density at radius 2 is 1.57 bits per heavy atom. The minimum atomic E-state index is -3.94. The zero-order chi connectivity index (χ0) is 15.3. The molecule has 0 aromatic heterocycles. The van der Waals surface area contributed by atoms with Crippen LogP contribution in [0.5, 0.6) is 5.75 Å². The van der Waals surface area contributed by atoms with Crippen molar-refractivity contribution in [3.63, 3.8) is 0 Å². The predicted octanol–water partition coefficient (Wildman–Crippen LogP) is 2.39. The summed E-state index contributed by atoms with van der Waals surface area (Å²) in [6, 6.07) is 15.6. The molecule has 0 aliphatic carbocycles. The molecule has 5 nitrogen and oxygen atoms in total. The van der Waals surface area contributed by atoms with E-state index in [4.69, 9.17) is 14.7 Å². The number of hydrogen-bond donors (Lipinski definition) is 0. The Bertz CT molecular complexity index is 811. The lowest BCUT2D eigenvalue weighted by Gasteiger charge is -2.07.